The van der Waals surface area contributed by atoms with Crippen LogP contribution in [0.4, 0.5) is 8.78 Å². The van der Waals surface area contributed by atoms with E-state index in [0.29, 0.717) is 5.56 Å². The first-order chi connectivity index (χ1) is 7.89. The third-order valence-electron chi connectivity index (χ3n) is 3.33. The second-order valence-electron chi connectivity index (χ2n) is 4.62. The number of hydrogen-bond donors (Lipinski definition) is 1. The fourth-order valence-electron chi connectivity index (χ4n) is 2.09. The van der Waals surface area contributed by atoms with Crippen LogP contribution in [-0.2, 0) is 5.92 Å². The van der Waals surface area contributed by atoms with Crippen LogP contribution in [0.1, 0.15) is 53.6 Å². The third kappa shape index (κ3) is 2.30. The lowest BCUT2D eigenvalue weighted by Crippen LogP contribution is -2.16. The number of alkyl halides is 2. The van der Waals surface area contributed by atoms with Crippen molar-refractivity contribution >= 4 is 5.97 Å². The summed E-state index contributed by atoms with van der Waals surface area (Å²) < 4.78 is 26.4. The number of carboxylic acids is 1. The fourth-order valence-corrected chi connectivity index (χ4v) is 2.09. The molecule has 0 atom stereocenters. The van der Waals surface area contributed by atoms with Gasteiger partial charge in [-0.1, -0.05) is 12.5 Å². The van der Waals surface area contributed by atoms with Crippen LogP contribution in [0.5, 0.6) is 0 Å². The van der Waals surface area contributed by atoms with Crippen LogP contribution in [0.25, 0.3) is 0 Å². The molecular weight excluding hydrogens is 226 g/mol. The summed E-state index contributed by atoms with van der Waals surface area (Å²) >= 11 is 0. The van der Waals surface area contributed by atoms with Gasteiger partial charge in [0.25, 0.3) is 5.92 Å². The minimum Gasteiger partial charge on any atom is -0.478 e. The summed E-state index contributed by atoms with van der Waals surface area (Å²) in [6.07, 6.45) is 2.81. The number of halogens is 2. The van der Waals surface area contributed by atoms with E-state index < -0.39 is 11.9 Å². The van der Waals surface area contributed by atoms with E-state index >= 15 is 0 Å². The van der Waals surface area contributed by atoms with E-state index in [9.17, 15) is 13.6 Å². The highest BCUT2D eigenvalue weighted by molar-refractivity contribution is 5.89. The molecule has 0 aliphatic heterocycles. The van der Waals surface area contributed by atoms with Crippen molar-refractivity contribution in [3.63, 3.8) is 0 Å². The first-order valence-electron chi connectivity index (χ1n) is 5.65. The van der Waals surface area contributed by atoms with Gasteiger partial charge in [-0.05, 0) is 36.5 Å². The second-order valence-corrected chi connectivity index (χ2v) is 4.62. The van der Waals surface area contributed by atoms with Crippen LogP contribution >= 0.6 is 0 Å². The lowest BCUT2D eigenvalue weighted by atomic mass is 9.77. The molecule has 0 unspecified atom stereocenters. The SMILES string of the molecule is CC(F)(F)c1ccc(C(=O)O)c(C2CCC2)c1. The van der Waals surface area contributed by atoms with E-state index in [0.717, 1.165) is 26.2 Å². The molecule has 0 bridgehead atoms. The molecule has 92 valence electrons. The monoisotopic (exact) mass is 240 g/mol. The van der Waals surface area contributed by atoms with Gasteiger partial charge >= 0.3 is 5.97 Å². The molecule has 1 N–H and O–H groups in total. The summed E-state index contributed by atoms with van der Waals surface area (Å²) in [5.41, 5.74) is 0.606. The standard InChI is InChI=1S/C13H14F2O2/c1-13(14,15)9-5-6-10(12(16)17)11(7-9)8-3-2-4-8/h5-8H,2-4H2,1H3,(H,16,17). The zero-order chi connectivity index (χ0) is 12.6. The van der Waals surface area contributed by atoms with Gasteiger partial charge in [0.1, 0.15) is 0 Å². The molecule has 4 heteroatoms. The topological polar surface area (TPSA) is 37.3 Å². The van der Waals surface area contributed by atoms with E-state index in [1.807, 2.05) is 0 Å². The van der Waals surface area contributed by atoms with Crippen LogP contribution in [-0.4, -0.2) is 11.1 Å². The molecule has 2 rings (SSSR count). The molecule has 0 heterocycles. The average Bonchev–Trinajstić information content (AvgIpc) is 2.13. The van der Waals surface area contributed by atoms with Gasteiger partial charge < -0.3 is 5.11 Å². The Morgan fingerprint density at radius 2 is 2.06 bits per heavy atom. The lowest BCUT2D eigenvalue weighted by Gasteiger charge is -2.28. The van der Waals surface area contributed by atoms with Crippen LogP contribution in [0.15, 0.2) is 18.2 Å². The summed E-state index contributed by atoms with van der Waals surface area (Å²) in [5.74, 6) is -3.84. The van der Waals surface area contributed by atoms with Crippen LogP contribution < -0.4 is 0 Å². The van der Waals surface area contributed by atoms with E-state index in [4.69, 9.17) is 5.11 Å². The average molecular weight is 240 g/mol. The van der Waals surface area contributed by atoms with Crippen molar-refractivity contribution in [3.8, 4) is 0 Å². The molecule has 0 aromatic heterocycles. The minimum absolute atomic E-state index is 0.107. The van der Waals surface area contributed by atoms with Gasteiger partial charge in [0.05, 0.1) is 5.56 Å². The van der Waals surface area contributed by atoms with Crippen molar-refractivity contribution in [2.24, 2.45) is 0 Å². The van der Waals surface area contributed by atoms with Gasteiger partial charge in [-0.25, -0.2) is 13.6 Å². The molecule has 1 aromatic rings. The number of hydrogen-bond acceptors (Lipinski definition) is 1. The molecule has 0 amide bonds. The molecule has 0 spiro atoms. The Labute approximate surface area is 98.3 Å². The zero-order valence-electron chi connectivity index (χ0n) is 9.54. The van der Waals surface area contributed by atoms with Gasteiger partial charge in [-0.15, -0.1) is 0 Å². The van der Waals surface area contributed by atoms with E-state index in [1.165, 1.54) is 18.2 Å². The molecule has 1 aliphatic carbocycles. The number of carbonyl (C=O) groups is 1. The summed E-state index contributed by atoms with van der Waals surface area (Å²) in [5, 5.41) is 9.04. The second kappa shape index (κ2) is 4.09. The highest BCUT2D eigenvalue weighted by atomic mass is 19.3. The summed E-state index contributed by atoms with van der Waals surface area (Å²) in [6, 6.07) is 3.85. The highest BCUT2D eigenvalue weighted by Gasteiger charge is 2.29. The molecule has 1 fully saturated rings. The molecular formula is C13H14F2O2. The van der Waals surface area contributed by atoms with Crippen molar-refractivity contribution in [1.29, 1.82) is 0 Å². The van der Waals surface area contributed by atoms with Crippen molar-refractivity contribution in [2.45, 2.75) is 38.0 Å². The maximum Gasteiger partial charge on any atom is 0.335 e. The molecule has 0 radical (unpaired) electrons. The van der Waals surface area contributed by atoms with Gasteiger partial charge in [0.15, 0.2) is 0 Å². The van der Waals surface area contributed by atoms with Gasteiger partial charge in [-0.3, -0.25) is 0 Å². The number of rotatable bonds is 3. The van der Waals surface area contributed by atoms with E-state index in [2.05, 4.69) is 0 Å². The molecule has 1 saturated carbocycles. The first-order valence-corrected chi connectivity index (χ1v) is 5.65. The van der Waals surface area contributed by atoms with Crippen molar-refractivity contribution in [2.75, 3.05) is 0 Å². The number of benzene rings is 1. The lowest BCUT2D eigenvalue weighted by molar-refractivity contribution is 0.0172. The largest absolute Gasteiger partial charge is 0.478 e. The Balaban J connectivity index is 2.46. The Morgan fingerprint density at radius 3 is 2.47 bits per heavy atom. The normalized spacial score (nSPS) is 16.6. The van der Waals surface area contributed by atoms with Gasteiger partial charge in [0, 0.05) is 12.5 Å². The van der Waals surface area contributed by atoms with Crippen molar-refractivity contribution in [3.05, 3.63) is 34.9 Å². The molecule has 2 nitrogen and oxygen atoms in total. The highest BCUT2D eigenvalue weighted by Crippen LogP contribution is 2.40. The van der Waals surface area contributed by atoms with E-state index in [1.54, 1.807) is 0 Å². The van der Waals surface area contributed by atoms with Crippen molar-refractivity contribution in [1.82, 2.24) is 0 Å². The third-order valence-corrected chi connectivity index (χ3v) is 3.33. The predicted octanol–water partition coefficient (Wildman–Crippen LogP) is 3.76. The summed E-state index contributed by atoms with van der Waals surface area (Å²) in [7, 11) is 0. The first kappa shape index (κ1) is 12.0. The number of aromatic carboxylic acids is 1. The summed E-state index contributed by atoms with van der Waals surface area (Å²) in [6.45, 7) is 0.827. The maximum absolute atomic E-state index is 13.2. The van der Waals surface area contributed by atoms with Gasteiger partial charge in [-0.2, -0.15) is 0 Å². The Bertz CT molecular complexity index is 445. The zero-order valence-corrected chi connectivity index (χ0v) is 9.54. The molecule has 1 aromatic carbocycles. The van der Waals surface area contributed by atoms with Crippen LogP contribution in [0.3, 0.4) is 0 Å². The molecule has 1 aliphatic rings. The van der Waals surface area contributed by atoms with Crippen molar-refractivity contribution < 1.29 is 18.7 Å². The quantitative estimate of drug-likeness (QED) is 0.873. The molecule has 0 saturated heterocycles. The van der Waals surface area contributed by atoms with Gasteiger partial charge in [0.2, 0.25) is 0 Å². The van der Waals surface area contributed by atoms with Crippen LogP contribution in [0.2, 0.25) is 0 Å². The smallest absolute Gasteiger partial charge is 0.335 e. The molecule has 17 heavy (non-hydrogen) atoms. The Morgan fingerprint density at radius 1 is 1.41 bits per heavy atom. The fraction of sp³-hybridized carbons (Fsp3) is 0.462. The Kier molecular flexibility index (Phi) is 2.89. The van der Waals surface area contributed by atoms with E-state index in [-0.39, 0.29) is 17.0 Å². The summed E-state index contributed by atoms with van der Waals surface area (Å²) in [4.78, 5) is 11.0. The predicted molar refractivity (Wildman–Crippen MR) is 59.6 cm³/mol. The Hall–Kier alpha value is -1.45. The number of carboxylic acid groups (broad SMARTS) is 1. The maximum atomic E-state index is 13.2. The van der Waals surface area contributed by atoms with Crippen LogP contribution in [0, 0.1) is 0 Å². The minimum atomic E-state index is -2.92.